The van der Waals surface area contributed by atoms with E-state index < -0.39 is 0 Å². The minimum absolute atomic E-state index is 0.0535. The zero-order valence-corrected chi connectivity index (χ0v) is 11.8. The van der Waals surface area contributed by atoms with Gasteiger partial charge < -0.3 is 5.11 Å². The first-order chi connectivity index (χ1) is 9.81. The summed E-state index contributed by atoms with van der Waals surface area (Å²) in [6.45, 7) is 0. The third-order valence-corrected chi connectivity index (χ3v) is 4.56. The van der Waals surface area contributed by atoms with Crippen molar-refractivity contribution >= 4 is 0 Å². The molecule has 1 heteroatoms. The Labute approximate surface area is 121 Å². The largest absolute Gasteiger partial charge is 0.392 e. The highest BCUT2D eigenvalue weighted by Gasteiger charge is 2.49. The first kappa shape index (κ1) is 13.4. The Bertz CT molecular complexity index is 528. The number of benzene rings is 2. The SMILES string of the molecule is OC(CCCc1ccccc1)C1(c2ccccc2)CC1. The fraction of sp³-hybridized carbons (Fsp3) is 0.368. The van der Waals surface area contributed by atoms with Gasteiger partial charge in [-0.1, -0.05) is 60.7 Å². The zero-order valence-electron chi connectivity index (χ0n) is 11.8. The predicted molar refractivity (Wildman–Crippen MR) is 82.7 cm³/mol. The molecule has 0 heterocycles. The summed E-state index contributed by atoms with van der Waals surface area (Å²) in [7, 11) is 0. The number of rotatable bonds is 6. The third kappa shape index (κ3) is 2.78. The van der Waals surface area contributed by atoms with E-state index in [0.29, 0.717) is 0 Å². The second-order valence-corrected chi connectivity index (χ2v) is 5.92. The van der Waals surface area contributed by atoms with Crippen LogP contribution in [-0.2, 0) is 11.8 Å². The summed E-state index contributed by atoms with van der Waals surface area (Å²) in [5.41, 5.74) is 2.73. The summed E-state index contributed by atoms with van der Waals surface area (Å²) in [5, 5.41) is 10.6. The number of aryl methyl sites for hydroxylation is 1. The van der Waals surface area contributed by atoms with Crippen LogP contribution in [0.3, 0.4) is 0 Å². The Morgan fingerprint density at radius 1 is 0.900 bits per heavy atom. The van der Waals surface area contributed by atoms with Crippen LogP contribution in [-0.4, -0.2) is 11.2 Å². The summed E-state index contributed by atoms with van der Waals surface area (Å²) in [6.07, 6.45) is 5.06. The molecule has 2 aromatic rings. The lowest BCUT2D eigenvalue weighted by molar-refractivity contribution is 0.120. The van der Waals surface area contributed by atoms with Crippen molar-refractivity contribution < 1.29 is 5.11 Å². The summed E-state index contributed by atoms with van der Waals surface area (Å²) in [5.74, 6) is 0. The molecule has 1 atom stereocenters. The molecule has 1 N–H and O–H groups in total. The van der Waals surface area contributed by atoms with Gasteiger partial charge in [0.25, 0.3) is 0 Å². The molecule has 1 saturated carbocycles. The van der Waals surface area contributed by atoms with Crippen molar-refractivity contribution in [2.24, 2.45) is 0 Å². The van der Waals surface area contributed by atoms with Crippen LogP contribution in [0.25, 0.3) is 0 Å². The second-order valence-electron chi connectivity index (χ2n) is 5.92. The molecule has 1 aliphatic rings. The zero-order chi connectivity index (χ0) is 13.8. The highest BCUT2D eigenvalue weighted by Crippen LogP contribution is 2.52. The van der Waals surface area contributed by atoms with Crippen molar-refractivity contribution in [3.05, 3.63) is 71.8 Å². The van der Waals surface area contributed by atoms with Crippen molar-refractivity contribution in [2.75, 3.05) is 0 Å². The number of hydrogen-bond acceptors (Lipinski definition) is 1. The molecule has 0 bridgehead atoms. The number of aliphatic hydroxyl groups excluding tert-OH is 1. The maximum Gasteiger partial charge on any atom is 0.0636 e. The molecule has 20 heavy (non-hydrogen) atoms. The first-order valence-electron chi connectivity index (χ1n) is 7.59. The van der Waals surface area contributed by atoms with E-state index in [2.05, 4.69) is 48.5 Å². The molecular weight excluding hydrogens is 244 g/mol. The molecule has 0 aromatic heterocycles. The van der Waals surface area contributed by atoms with Gasteiger partial charge in [0.05, 0.1) is 6.10 Å². The van der Waals surface area contributed by atoms with Crippen molar-refractivity contribution in [3.8, 4) is 0 Å². The van der Waals surface area contributed by atoms with Gasteiger partial charge in [0.1, 0.15) is 0 Å². The van der Waals surface area contributed by atoms with Crippen molar-refractivity contribution in [1.82, 2.24) is 0 Å². The van der Waals surface area contributed by atoms with Gasteiger partial charge in [-0.25, -0.2) is 0 Å². The van der Waals surface area contributed by atoms with Crippen LogP contribution in [0.5, 0.6) is 0 Å². The van der Waals surface area contributed by atoms with Crippen LogP contribution in [0.2, 0.25) is 0 Å². The predicted octanol–water partition coefficient (Wildman–Crippen LogP) is 4.10. The maximum absolute atomic E-state index is 10.6. The Kier molecular flexibility index (Phi) is 3.88. The quantitative estimate of drug-likeness (QED) is 0.834. The molecule has 0 spiro atoms. The summed E-state index contributed by atoms with van der Waals surface area (Å²) >= 11 is 0. The molecular formula is C19H22O. The average molecular weight is 266 g/mol. The lowest BCUT2D eigenvalue weighted by atomic mass is 9.87. The van der Waals surface area contributed by atoms with Gasteiger partial charge in [0.15, 0.2) is 0 Å². The van der Waals surface area contributed by atoms with Crippen molar-refractivity contribution in [3.63, 3.8) is 0 Å². The molecule has 1 unspecified atom stereocenters. The fourth-order valence-corrected chi connectivity index (χ4v) is 3.14. The van der Waals surface area contributed by atoms with E-state index in [4.69, 9.17) is 0 Å². The smallest absolute Gasteiger partial charge is 0.0636 e. The molecule has 1 aliphatic carbocycles. The molecule has 0 amide bonds. The minimum Gasteiger partial charge on any atom is -0.392 e. The number of aliphatic hydroxyl groups is 1. The fourth-order valence-electron chi connectivity index (χ4n) is 3.14. The van der Waals surface area contributed by atoms with Gasteiger partial charge in [-0.2, -0.15) is 0 Å². The summed E-state index contributed by atoms with van der Waals surface area (Å²) < 4.78 is 0. The Morgan fingerprint density at radius 2 is 1.50 bits per heavy atom. The van der Waals surface area contributed by atoms with Gasteiger partial charge in [0, 0.05) is 5.41 Å². The van der Waals surface area contributed by atoms with E-state index in [1.807, 2.05) is 12.1 Å². The van der Waals surface area contributed by atoms with Crippen molar-refractivity contribution in [2.45, 2.75) is 43.6 Å². The average Bonchev–Trinajstić information content (AvgIpc) is 3.31. The maximum atomic E-state index is 10.6. The summed E-state index contributed by atoms with van der Waals surface area (Å²) in [4.78, 5) is 0. The van der Waals surface area contributed by atoms with Crippen LogP contribution >= 0.6 is 0 Å². The van der Waals surface area contributed by atoms with E-state index >= 15 is 0 Å². The van der Waals surface area contributed by atoms with E-state index in [9.17, 15) is 5.11 Å². The molecule has 1 nitrogen and oxygen atoms in total. The van der Waals surface area contributed by atoms with E-state index in [0.717, 1.165) is 32.1 Å². The Balaban J connectivity index is 1.56. The normalized spacial score (nSPS) is 17.6. The molecule has 0 radical (unpaired) electrons. The highest BCUT2D eigenvalue weighted by molar-refractivity contribution is 5.32. The van der Waals surface area contributed by atoms with Crippen LogP contribution < -0.4 is 0 Å². The lowest BCUT2D eigenvalue weighted by Gasteiger charge is -2.22. The standard InChI is InChI=1S/C19H22O/c20-18(13-7-10-16-8-3-1-4-9-16)19(14-15-19)17-11-5-2-6-12-17/h1-6,8-9,11-12,18,20H,7,10,13-15H2. The topological polar surface area (TPSA) is 20.2 Å². The van der Waals surface area contributed by atoms with E-state index in [1.54, 1.807) is 0 Å². The molecule has 104 valence electrons. The van der Waals surface area contributed by atoms with Crippen LogP contribution in [0.4, 0.5) is 0 Å². The molecule has 0 aliphatic heterocycles. The monoisotopic (exact) mass is 266 g/mol. The van der Waals surface area contributed by atoms with Crippen LogP contribution in [0, 0.1) is 0 Å². The lowest BCUT2D eigenvalue weighted by Crippen LogP contribution is -2.26. The van der Waals surface area contributed by atoms with E-state index in [1.165, 1.54) is 11.1 Å². The molecule has 2 aromatic carbocycles. The van der Waals surface area contributed by atoms with Gasteiger partial charge in [-0.15, -0.1) is 0 Å². The molecule has 0 saturated heterocycles. The number of hydrogen-bond donors (Lipinski definition) is 1. The van der Waals surface area contributed by atoms with Gasteiger partial charge in [-0.3, -0.25) is 0 Å². The van der Waals surface area contributed by atoms with Crippen molar-refractivity contribution in [1.29, 1.82) is 0 Å². The van der Waals surface area contributed by atoms with Gasteiger partial charge >= 0.3 is 0 Å². The summed E-state index contributed by atoms with van der Waals surface area (Å²) in [6, 6.07) is 21.1. The Morgan fingerprint density at radius 3 is 2.10 bits per heavy atom. The minimum atomic E-state index is -0.200. The molecule has 3 rings (SSSR count). The highest BCUT2D eigenvalue weighted by atomic mass is 16.3. The third-order valence-electron chi connectivity index (χ3n) is 4.56. The first-order valence-corrected chi connectivity index (χ1v) is 7.59. The van der Waals surface area contributed by atoms with Crippen LogP contribution in [0.15, 0.2) is 60.7 Å². The second kappa shape index (κ2) is 5.80. The van der Waals surface area contributed by atoms with Crippen LogP contribution in [0.1, 0.15) is 36.8 Å². The van der Waals surface area contributed by atoms with Gasteiger partial charge in [0.2, 0.25) is 0 Å². The Hall–Kier alpha value is -1.60. The van der Waals surface area contributed by atoms with E-state index in [-0.39, 0.29) is 11.5 Å². The molecule has 1 fully saturated rings. The van der Waals surface area contributed by atoms with Gasteiger partial charge in [-0.05, 0) is 43.2 Å².